The normalized spacial score (nSPS) is 16.4. The van der Waals surface area contributed by atoms with Crippen LogP contribution in [-0.4, -0.2) is 70.8 Å². The van der Waals surface area contributed by atoms with E-state index < -0.39 is 89.7 Å². The van der Waals surface area contributed by atoms with Gasteiger partial charge in [-0.15, -0.1) is 0 Å². The topological polar surface area (TPSA) is 63.6 Å². The first-order valence-electron chi connectivity index (χ1n) is 9.36. The fourth-order valence-corrected chi connectivity index (χ4v) is 2.74. The lowest BCUT2D eigenvalue weighted by molar-refractivity contribution is -0.472. The molecule has 0 heterocycles. The maximum absolute atomic E-state index is 13.9. The van der Waals surface area contributed by atoms with Crippen molar-refractivity contribution in [3.8, 4) is 0 Å². The number of carboxylic acids is 1. The van der Waals surface area contributed by atoms with Crippen LogP contribution in [-0.2, 0) is 14.3 Å². The molecule has 0 bridgehead atoms. The molecule has 0 amide bonds. The van der Waals surface area contributed by atoms with Crippen molar-refractivity contribution in [2.24, 2.45) is 11.8 Å². The number of aliphatic carboxylic acids is 1. The molecular weight excluding hydrogens is 629 g/mol. The van der Waals surface area contributed by atoms with Gasteiger partial charge in [-0.2, -0.15) is 83.4 Å². The van der Waals surface area contributed by atoms with E-state index in [2.05, 4.69) is 4.74 Å². The first-order valence-corrected chi connectivity index (χ1v) is 9.36. The Morgan fingerprint density at radius 2 is 0.900 bits per heavy atom. The van der Waals surface area contributed by atoms with E-state index in [9.17, 15) is 93.0 Å². The number of esters is 1. The summed E-state index contributed by atoms with van der Waals surface area (Å²) in [6.07, 6.45) is -15.5. The van der Waals surface area contributed by atoms with Gasteiger partial charge in [0.05, 0.1) is 0 Å². The van der Waals surface area contributed by atoms with Crippen LogP contribution in [0.5, 0.6) is 0 Å². The monoisotopic (exact) mass is 640 g/mol. The Labute approximate surface area is 207 Å². The molecule has 23 heteroatoms. The van der Waals surface area contributed by atoms with Crippen LogP contribution in [0.4, 0.5) is 83.4 Å². The highest BCUT2D eigenvalue weighted by Gasteiger charge is 2.96. The zero-order chi connectivity index (χ0) is 32.9. The molecule has 0 radical (unpaired) electrons. The molecule has 0 fully saturated rings. The summed E-state index contributed by atoms with van der Waals surface area (Å²) < 4.78 is 261. The van der Waals surface area contributed by atoms with Gasteiger partial charge in [-0.3, -0.25) is 0 Å². The molecule has 236 valence electrons. The van der Waals surface area contributed by atoms with Crippen LogP contribution in [0.25, 0.3) is 0 Å². The number of carbonyl (C=O) groups excluding carboxylic acids is 1. The van der Waals surface area contributed by atoms with E-state index in [1.54, 1.807) is 0 Å². The van der Waals surface area contributed by atoms with Gasteiger partial charge in [0, 0.05) is 12.2 Å². The number of ether oxygens (including phenoxy) is 1. The largest absolute Gasteiger partial charge is 0.478 e. The SMILES string of the molecule is CC(C)C(C(F)(F)F)C(F)(F)C(F)(F)C(F)(F)C(F)(F)C(F)(F)C(F)(F)C(F)(F)C(F)(F)OC(=O)C=CC(=O)O. The predicted octanol–water partition coefficient (Wildman–Crippen LogP) is 7.04. The minimum absolute atomic E-state index is 0.0449. The molecule has 0 spiro atoms. The first kappa shape index (κ1) is 37.4. The quantitative estimate of drug-likeness (QED) is 0.141. The van der Waals surface area contributed by atoms with E-state index in [-0.39, 0.29) is 13.8 Å². The molecule has 0 aliphatic heterocycles. The van der Waals surface area contributed by atoms with Crippen LogP contribution in [0.15, 0.2) is 12.2 Å². The molecule has 0 aliphatic carbocycles. The van der Waals surface area contributed by atoms with Crippen molar-refractivity contribution in [1.82, 2.24) is 0 Å². The van der Waals surface area contributed by atoms with Gasteiger partial charge in [0.2, 0.25) is 0 Å². The van der Waals surface area contributed by atoms with Gasteiger partial charge in [-0.25, -0.2) is 9.59 Å². The van der Waals surface area contributed by atoms with Crippen LogP contribution in [0.1, 0.15) is 13.8 Å². The zero-order valence-electron chi connectivity index (χ0n) is 18.7. The lowest BCUT2D eigenvalue weighted by Gasteiger charge is -2.45. The molecular formula is C17H11F19O4. The third-order valence-corrected chi connectivity index (χ3v) is 4.76. The van der Waals surface area contributed by atoms with E-state index >= 15 is 0 Å². The van der Waals surface area contributed by atoms with E-state index in [1.807, 2.05) is 0 Å². The maximum atomic E-state index is 13.9. The van der Waals surface area contributed by atoms with Crippen molar-refractivity contribution in [2.75, 3.05) is 0 Å². The fourth-order valence-electron chi connectivity index (χ4n) is 2.74. The van der Waals surface area contributed by atoms with Gasteiger partial charge in [0.15, 0.2) is 0 Å². The number of rotatable bonds is 12. The Bertz CT molecular complexity index is 980. The smallest absolute Gasteiger partial charge is 0.473 e. The van der Waals surface area contributed by atoms with Crippen LogP contribution in [0.2, 0.25) is 0 Å². The van der Waals surface area contributed by atoms with Crippen molar-refractivity contribution in [1.29, 1.82) is 0 Å². The third kappa shape index (κ3) is 5.59. The highest BCUT2D eigenvalue weighted by Crippen LogP contribution is 2.65. The Morgan fingerprint density at radius 3 is 1.20 bits per heavy atom. The maximum Gasteiger partial charge on any atom is 0.473 e. The van der Waals surface area contributed by atoms with Crippen LogP contribution < -0.4 is 0 Å². The molecule has 0 saturated heterocycles. The number of carboxylic acid groups (broad SMARTS) is 1. The number of carbonyl (C=O) groups is 2. The average molecular weight is 640 g/mol. The van der Waals surface area contributed by atoms with Gasteiger partial charge in [-0.05, 0) is 5.92 Å². The minimum Gasteiger partial charge on any atom is -0.478 e. The minimum atomic E-state index is -8.99. The van der Waals surface area contributed by atoms with Crippen molar-refractivity contribution in [3.63, 3.8) is 0 Å². The van der Waals surface area contributed by atoms with Gasteiger partial charge < -0.3 is 9.84 Å². The first-order chi connectivity index (χ1) is 17.1. The lowest BCUT2D eigenvalue weighted by atomic mass is 9.80. The molecule has 4 nitrogen and oxygen atoms in total. The highest BCUT2D eigenvalue weighted by atomic mass is 19.4. The molecule has 0 aliphatic rings. The number of alkyl halides is 19. The van der Waals surface area contributed by atoms with Crippen molar-refractivity contribution >= 4 is 11.9 Å². The van der Waals surface area contributed by atoms with Gasteiger partial charge in [-0.1, -0.05) is 13.8 Å². The van der Waals surface area contributed by atoms with Gasteiger partial charge in [0.25, 0.3) is 0 Å². The van der Waals surface area contributed by atoms with Crippen molar-refractivity contribution in [2.45, 2.75) is 67.6 Å². The summed E-state index contributed by atoms with van der Waals surface area (Å²) in [6.45, 7) is -0.0897. The van der Waals surface area contributed by atoms with Gasteiger partial charge in [0.1, 0.15) is 5.92 Å². The number of hydrogen-bond donors (Lipinski definition) is 1. The van der Waals surface area contributed by atoms with Crippen molar-refractivity contribution in [3.05, 3.63) is 12.2 Å². The molecule has 0 rings (SSSR count). The molecule has 0 aromatic rings. The summed E-state index contributed by atoms with van der Waals surface area (Å²) in [7, 11) is 0. The number of hydrogen-bond acceptors (Lipinski definition) is 3. The lowest BCUT2D eigenvalue weighted by Crippen LogP contribution is -2.75. The second-order valence-corrected chi connectivity index (χ2v) is 7.94. The molecule has 1 unspecified atom stereocenters. The molecule has 1 atom stereocenters. The summed E-state index contributed by atoms with van der Waals surface area (Å²) in [4.78, 5) is 20.9. The summed E-state index contributed by atoms with van der Waals surface area (Å²) in [5.41, 5.74) is 0. The van der Waals surface area contributed by atoms with E-state index in [4.69, 9.17) is 5.11 Å². The third-order valence-electron chi connectivity index (χ3n) is 4.76. The Kier molecular flexibility index (Phi) is 9.63. The van der Waals surface area contributed by atoms with E-state index in [0.717, 1.165) is 0 Å². The summed E-state index contributed by atoms with van der Waals surface area (Å²) >= 11 is 0. The van der Waals surface area contributed by atoms with Crippen LogP contribution in [0.3, 0.4) is 0 Å². The Morgan fingerprint density at radius 1 is 0.575 bits per heavy atom. The van der Waals surface area contributed by atoms with Crippen LogP contribution >= 0.6 is 0 Å². The highest BCUT2D eigenvalue weighted by molar-refractivity contribution is 5.90. The van der Waals surface area contributed by atoms with Crippen LogP contribution in [0, 0.1) is 11.8 Å². The van der Waals surface area contributed by atoms with Gasteiger partial charge >= 0.3 is 65.7 Å². The fraction of sp³-hybridized carbons (Fsp3) is 0.765. The molecule has 0 saturated carbocycles. The van der Waals surface area contributed by atoms with E-state index in [1.165, 1.54) is 0 Å². The predicted molar refractivity (Wildman–Crippen MR) is 86.8 cm³/mol. The summed E-state index contributed by atoms with van der Waals surface area (Å²) in [5.74, 6) is -73.3. The second kappa shape index (κ2) is 10.3. The van der Waals surface area contributed by atoms with Crippen molar-refractivity contribution < 1.29 is 103 Å². The Balaban J connectivity index is 6.99. The Hall–Kier alpha value is -2.65. The summed E-state index contributed by atoms with van der Waals surface area (Å²) in [6, 6.07) is 0. The second-order valence-electron chi connectivity index (χ2n) is 7.94. The molecule has 40 heavy (non-hydrogen) atoms. The zero-order valence-corrected chi connectivity index (χ0v) is 18.7. The number of halogens is 19. The van der Waals surface area contributed by atoms with E-state index in [0.29, 0.717) is 0 Å². The summed E-state index contributed by atoms with van der Waals surface area (Å²) in [5, 5.41) is 8.07. The standard InChI is InChI=1S/C17H11F19O4/c1-5(2)8(10(20,21)22)9(18,19)11(23,24)12(25,26)13(27,28)14(29,30)15(31,32)16(33,34)17(35,36)40-7(39)4-3-6(37)38/h3-5,8H,1-2H3,(H,37,38). The molecule has 0 aromatic carbocycles. The molecule has 0 aromatic heterocycles. The average Bonchev–Trinajstić information content (AvgIpc) is 2.69. The molecule has 1 N–H and O–H groups in total.